The van der Waals surface area contributed by atoms with Gasteiger partial charge in [-0.15, -0.1) is 0 Å². The summed E-state index contributed by atoms with van der Waals surface area (Å²) < 4.78 is 1.94. The van der Waals surface area contributed by atoms with E-state index in [0.29, 0.717) is 12.6 Å². The van der Waals surface area contributed by atoms with E-state index >= 15 is 0 Å². The first kappa shape index (κ1) is 17.5. The van der Waals surface area contributed by atoms with Gasteiger partial charge in [-0.2, -0.15) is 5.10 Å². The molecule has 1 atom stereocenters. The van der Waals surface area contributed by atoms with Crippen LogP contribution in [0.15, 0.2) is 42.6 Å². The first-order valence-electron chi connectivity index (χ1n) is 8.95. The summed E-state index contributed by atoms with van der Waals surface area (Å²) in [4.78, 5) is 14.5. The van der Waals surface area contributed by atoms with Crippen molar-refractivity contribution in [2.75, 3.05) is 23.3 Å². The summed E-state index contributed by atoms with van der Waals surface area (Å²) in [6.07, 6.45) is 5.88. The molecule has 0 aliphatic heterocycles. The summed E-state index contributed by atoms with van der Waals surface area (Å²) in [6.45, 7) is 2.31. The highest BCUT2D eigenvalue weighted by atomic mass is 16.3. The fraction of sp³-hybridized carbons (Fsp3) is 0.474. The van der Waals surface area contributed by atoms with Crippen molar-refractivity contribution in [2.45, 2.75) is 44.8 Å². The predicted octanol–water partition coefficient (Wildman–Crippen LogP) is 2.82. The molecular weight excluding hydrogens is 316 g/mol. The molecule has 2 aromatic rings. The van der Waals surface area contributed by atoms with Crippen LogP contribution in [0.2, 0.25) is 0 Å². The van der Waals surface area contributed by atoms with Gasteiger partial charge >= 0.3 is 0 Å². The van der Waals surface area contributed by atoms with Gasteiger partial charge in [-0.1, -0.05) is 31.0 Å². The lowest BCUT2D eigenvalue weighted by molar-refractivity contribution is -0.115. The quantitative estimate of drug-likeness (QED) is 0.812. The van der Waals surface area contributed by atoms with Crippen molar-refractivity contribution in [1.82, 2.24) is 9.78 Å². The Hall–Kier alpha value is -2.34. The van der Waals surface area contributed by atoms with Gasteiger partial charge in [0.15, 0.2) is 0 Å². The molecule has 6 heteroatoms. The van der Waals surface area contributed by atoms with Crippen LogP contribution < -0.4 is 10.2 Å². The molecule has 2 N–H and O–H groups in total. The minimum absolute atomic E-state index is 0.107. The topological polar surface area (TPSA) is 70.4 Å². The van der Waals surface area contributed by atoms with Crippen molar-refractivity contribution < 1.29 is 9.90 Å². The number of hydrogen-bond acceptors (Lipinski definition) is 4. The van der Waals surface area contributed by atoms with Crippen molar-refractivity contribution in [3.8, 4) is 0 Å². The van der Waals surface area contributed by atoms with E-state index in [-0.39, 0.29) is 12.5 Å². The van der Waals surface area contributed by atoms with Gasteiger partial charge in [0.25, 0.3) is 0 Å². The normalized spacial score (nSPS) is 15.9. The van der Waals surface area contributed by atoms with Gasteiger partial charge in [-0.25, -0.2) is 4.68 Å². The van der Waals surface area contributed by atoms with Crippen LogP contribution in [0.3, 0.4) is 0 Å². The molecule has 0 spiro atoms. The molecule has 25 heavy (non-hydrogen) atoms. The van der Waals surface area contributed by atoms with Crippen LogP contribution in [0.25, 0.3) is 0 Å². The predicted molar refractivity (Wildman–Crippen MR) is 98.7 cm³/mol. The van der Waals surface area contributed by atoms with Gasteiger partial charge in [-0.05, 0) is 31.9 Å². The molecule has 134 valence electrons. The van der Waals surface area contributed by atoms with Gasteiger partial charge in [0, 0.05) is 18.3 Å². The van der Waals surface area contributed by atoms with E-state index in [1.165, 1.54) is 12.8 Å². The lowest BCUT2D eigenvalue weighted by Gasteiger charge is -2.25. The van der Waals surface area contributed by atoms with E-state index < -0.39 is 6.10 Å². The first-order valence-corrected chi connectivity index (χ1v) is 8.95. The Kier molecular flexibility index (Phi) is 5.71. The molecule has 1 fully saturated rings. The number of amides is 1. The number of aliphatic hydroxyl groups excluding tert-OH is 1. The highest BCUT2D eigenvalue weighted by molar-refractivity contribution is 5.93. The molecule has 1 heterocycles. The minimum Gasteiger partial charge on any atom is -0.392 e. The number of anilines is 2. The van der Waals surface area contributed by atoms with E-state index in [1.807, 2.05) is 46.0 Å². The highest BCUT2D eigenvalue weighted by Gasteiger charge is 2.21. The maximum Gasteiger partial charge on any atom is 0.245 e. The standard InChI is InChI=1S/C19H26N4O2/c1-15(24)13-22(16-7-3-2-4-8-16)14-19(25)21-18-11-12-20-23(18)17-9-5-6-10-17/h2-4,7-8,11-12,15,17,24H,5-6,9-10,13-14H2,1H3,(H,21,25)/t15-/m1/s1. The van der Waals surface area contributed by atoms with Crippen LogP contribution >= 0.6 is 0 Å². The van der Waals surface area contributed by atoms with Crippen molar-refractivity contribution in [1.29, 1.82) is 0 Å². The average molecular weight is 342 g/mol. The number of benzene rings is 1. The number of nitrogens with zero attached hydrogens (tertiary/aromatic N) is 3. The van der Waals surface area contributed by atoms with E-state index in [1.54, 1.807) is 13.1 Å². The Morgan fingerprint density at radius 1 is 1.32 bits per heavy atom. The molecule has 1 saturated carbocycles. The maximum atomic E-state index is 12.6. The lowest BCUT2D eigenvalue weighted by atomic mass is 10.2. The molecule has 3 rings (SSSR count). The molecule has 6 nitrogen and oxygen atoms in total. The van der Waals surface area contributed by atoms with Crippen LogP contribution in [-0.4, -0.2) is 40.0 Å². The van der Waals surface area contributed by atoms with Crippen molar-refractivity contribution in [2.24, 2.45) is 0 Å². The first-order chi connectivity index (χ1) is 12.1. The Labute approximate surface area is 148 Å². The molecular formula is C19H26N4O2. The van der Waals surface area contributed by atoms with Crippen LogP contribution in [0, 0.1) is 0 Å². The number of aliphatic hydroxyl groups is 1. The number of para-hydroxylation sites is 1. The second kappa shape index (κ2) is 8.16. The number of aromatic nitrogens is 2. The zero-order valence-corrected chi connectivity index (χ0v) is 14.6. The Morgan fingerprint density at radius 2 is 2.04 bits per heavy atom. The molecule has 1 aromatic heterocycles. The van der Waals surface area contributed by atoms with Crippen LogP contribution in [0.5, 0.6) is 0 Å². The minimum atomic E-state index is -0.517. The van der Waals surface area contributed by atoms with E-state index in [4.69, 9.17) is 0 Å². The van der Waals surface area contributed by atoms with Crippen LogP contribution in [0.4, 0.5) is 11.5 Å². The summed E-state index contributed by atoms with van der Waals surface area (Å²) in [6, 6.07) is 11.9. The fourth-order valence-electron chi connectivity index (χ4n) is 3.43. The second-order valence-electron chi connectivity index (χ2n) is 6.71. The second-order valence-corrected chi connectivity index (χ2v) is 6.71. The number of hydrogen-bond donors (Lipinski definition) is 2. The third-order valence-corrected chi connectivity index (χ3v) is 4.55. The van der Waals surface area contributed by atoms with Crippen LogP contribution in [0.1, 0.15) is 38.6 Å². The third kappa shape index (κ3) is 4.60. The summed E-state index contributed by atoms with van der Waals surface area (Å²) in [5.74, 6) is 0.645. The number of carbonyl (C=O) groups excluding carboxylic acids is 1. The Balaban J connectivity index is 1.67. The largest absolute Gasteiger partial charge is 0.392 e. The van der Waals surface area contributed by atoms with Crippen molar-refractivity contribution in [3.05, 3.63) is 42.6 Å². The van der Waals surface area contributed by atoms with Gasteiger partial charge < -0.3 is 15.3 Å². The average Bonchev–Trinajstić information content (AvgIpc) is 3.25. The van der Waals surface area contributed by atoms with Crippen LogP contribution in [-0.2, 0) is 4.79 Å². The van der Waals surface area contributed by atoms with E-state index in [2.05, 4.69) is 10.4 Å². The van der Waals surface area contributed by atoms with Gasteiger partial charge in [0.1, 0.15) is 5.82 Å². The number of rotatable bonds is 7. The SMILES string of the molecule is C[C@@H](O)CN(CC(=O)Nc1ccnn1C1CCCC1)c1ccccc1. The molecule has 1 aliphatic rings. The zero-order chi connectivity index (χ0) is 17.6. The zero-order valence-electron chi connectivity index (χ0n) is 14.6. The molecule has 1 aliphatic carbocycles. The summed E-state index contributed by atoms with van der Waals surface area (Å²) >= 11 is 0. The summed E-state index contributed by atoms with van der Waals surface area (Å²) in [7, 11) is 0. The van der Waals surface area contributed by atoms with Gasteiger partial charge in [0.2, 0.25) is 5.91 Å². The van der Waals surface area contributed by atoms with Crippen molar-refractivity contribution >= 4 is 17.4 Å². The smallest absolute Gasteiger partial charge is 0.245 e. The van der Waals surface area contributed by atoms with E-state index in [9.17, 15) is 9.90 Å². The third-order valence-electron chi connectivity index (χ3n) is 4.55. The highest BCUT2D eigenvalue weighted by Crippen LogP contribution is 2.31. The molecule has 0 bridgehead atoms. The summed E-state index contributed by atoms with van der Waals surface area (Å²) in [5.41, 5.74) is 0.919. The lowest BCUT2D eigenvalue weighted by Crippen LogP contribution is -2.38. The van der Waals surface area contributed by atoms with Gasteiger partial charge in [0.05, 0.1) is 24.9 Å². The molecule has 1 amide bonds. The van der Waals surface area contributed by atoms with Crippen molar-refractivity contribution in [3.63, 3.8) is 0 Å². The Bertz CT molecular complexity index is 678. The molecule has 0 radical (unpaired) electrons. The maximum absolute atomic E-state index is 12.6. The fourth-order valence-corrected chi connectivity index (χ4v) is 3.43. The number of carbonyl (C=O) groups is 1. The number of nitrogens with one attached hydrogen (secondary N) is 1. The Morgan fingerprint density at radius 3 is 2.72 bits per heavy atom. The molecule has 0 saturated heterocycles. The van der Waals surface area contributed by atoms with E-state index in [0.717, 1.165) is 24.3 Å². The monoisotopic (exact) mass is 342 g/mol. The summed E-state index contributed by atoms with van der Waals surface area (Å²) in [5, 5.41) is 17.1. The molecule has 1 aromatic carbocycles. The van der Waals surface area contributed by atoms with Gasteiger partial charge in [-0.3, -0.25) is 4.79 Å². The molecule has 0 unspecified atom stereocenters.